The third-order valence-corrected chi connectivity index (χ3v) is 8.06. The van der Waals surface area contributed by atoms with E-state index in [-0.39, 0.29) is 29.7 Å². The van der Waals surface area contributed by atoms with Gasteiger partial charge in [-0.2, -0.15) is 5.10 Å². The summed E-state index contributed by atoms with van der Waals surface area (Å²) in [5, 5.41) is 18.6. The number of nitrogens with one attached hydrogen (secondary N) is 2. The molecule has 220 valence electrons. The molecular weight excluding hydrogens is 520 g/mol. The number of rotatable bonds is 6. The first-order valence-electron chi connectivity index (χ1n) is 14.5. The second kappa shape index (κ2) is 13.7. The smallest absolute Gasteiger partial charge is 0.290 e. The van der Waals surface area contributed by atoms with Gasteiger partial charge in [-0.25, -0.2) is 0 Å². The lowest BCUT2D eigenvalue weighted by molar-refractivity contribution is -0.123. The first-order valence-corrected chi connectivity index (χ1v) is 14.5. The van der Waals surface area contributed by atoms with Gasteiger partial charge in [0.2, 0.25) is 5.91 Å². The maximum Gasteiger partial charge on any atom is 0.290 e. The van der Waals surface area contributed by atoms with Gasteiger partial charge >= 0.3 is 0 Å². The zero-order valence-electron chi connectivity index (χ0n) is 24.3. The number of carboxylic acid groups (broad SMARTS) is 1. The Morgan fingerprint density at radius 3 is 2.41 bits per heavy atom. The molecule has 3 aromatic rings. The van der Waals surface area contributed by atoms with Crippen LogP contribution in [0.4, 0.5) is 0 Å². The molecule has 2 aliphatic heterocycles. The van der Waals surface area contributed by atoms with Crippen LogP contribution in [0.25, 0.3) is 10.9 Å². The van der Waals surface area contributed by atoms with Crippen molar-refractivity contribution in [3.05, 3.63) is 59.5 Å². The monoisotopic (exact) mass is 562 g/mol. The minimum absolute atomic E-state index is 0.0242. The Hall–Kier alpha value is -3.79. The minimum atomic E-state index is -0.250. The second-order valence-electron chi connectivity index (χ2n) is 12.0. The molecule has 4 heterocycles. The average Bonchev–Trinajstić information content (AvgIpc) is 3.48. The van der Waals surface area contributed by atoms with Crippen molar-refractivity contribution in [1.82, 2.24) is 30.3 Å². The number of pyridine rings is 1. The lowest BCUT2D eigenvalue weighted by Gasteiger charge is -2.41. The number of hydrogen-bond acceptors (Lipinski definition) is 6. The highest BCUT2D eigenvalue weighted by atomic mass is 16.3. The van der Waals surface area contributed by atoms with Crippen LogP contribution >= 0.6 is 0 Å². The lowest BCUT2D eigenvalue weighted by atomic mass is 9.92. The van der Waals surface area contributed by atoms with Gasteiger partial charge in [-0.15, -0.1) is 0 Å². The van der Waals surface area contributed by atoms with Crippen molar-refractivity contribution in [2.75, 3.05) is 26.2 Å². The van der Waals surface area contributed by atoms with Crippen LogP contribution in [-0.2, 0) is 21.4 Å². The van der Waals surface area contributed by atoms with E-state index in [1.807, 2.05) is 35.4 Å². The lowest BCUT2D eigenvalue weighted by Crippen LogP contribution is -2.51. The van der Waals surface area contributed by atoms with E-state index in [4.69, 9.17) is 9.90 Å². The summed E-state index contributed by atoms with van der Waals surface area (Å²) < 4.78 is 0. The predicted molar refractivity (Wildman–Crippen MR) is 158 cm³/mol. The van der Waals surface area contributed by atoms with Gasteiger partial charge in [-0.3, -0.25) is 24.5 Å². The normalized spacial score (nSPS) is 17.1. The zero-order valence-corrected chi connectivity index (χ0v) is 24.3. The number of aromatic amines is 1. The number of benzene rings is 1. The van der Waals surface area contributed by atoms with Crippen molar-refractivity contribution >= 4 is 29.2 Å². The molecule has 0 radical (unpaired) electrons. The van der Waals surface area contributed by atoms with Crippen LogP contribution in [0.15, 0.2) is 42.6 Å². The average molecular weight is 563 g/mol. The molecule has 2 aromatic heterocycles. The van der Waals surface area contributed by atoms with Gasteiger partial charge < -0.3 is 20.2 Å². The quantitative estimate of drug-likeness (QED) is 0.390. The van der Waals surface area contributed by atoms with Crippen LogP contribution in [0.3, 0.4) is 0 Å². The minimum Gasteiger partial charge on any atom is -0.483 e. The highest BCUT2D eigenvalue weighted by Crippen LogP contribution is 2.24. The predicted octanol–water partition coefficient (Wildman–Crippen LogP) is 3.77. The van der Waals surface area contributed by atoms with E-state index < -0.39 is 0 Å². The highest BCUT2D eigenvalue weighted by Gasteiger charge is 2.31. The van der Waals surface area contributed by atoms with Gasteiger partial charge in [-0.1, -0.05) is 39.0 Å². The third-order valence-electron chi connectivity index (χ3n) is 8.06. The van der Waals surface area contributed by atoms with E-state index in [1.165, 1.54) is 0 Å². The molecule has 41 heavy (non-hydrogen) atoms. The van der Waals surface area contributed by atoms with E-state index in [0.717, 1.165) is 74.0 Å². The molecule has 1 aromatic carbocycles. The van der Waals surface area contributed by atoms with E-state index in [0.29, 0.717) is 24.6 Å². The highest BCUT2D eigenvalue weighted by molar-refractivity contribution is 5.92. The molecule has 3 N–H and O–H groups in total. The van der Waals surface area contributed by atoms with Crippen LogP contribution in [0.2, 0.25) is 0 Å². The molecule has 10 heteroatoms. The van der Waals surface area contributed by atoms with Crippen LogP contribution in [-0.4, -0.2) is 86.6 Å². The Labute approximate surface area is 241 Å². The Bertz CT molecular complexity index is 1320. The number of amides is 2. The van der Waals surface area contributed by atoms with E-state index in [9.17, 15) is 9.59 Å². The summed E-state index contributed by atoms with van der Waals surface area (Å²) in [6.45, 7) is 9.60. The van der Waals surface area contributed by atoms with Crippen molar-refractivity contribution in [1.29, 1.82) is 0 Å². The third kappa shape index (κ3) is 8.13. The van der Waals surface area contributed by atoms with Gasteiger partial charge in [0.05, 0.1) is 5.52 Å². The van der Waals surface area contributed by atoms with E-state index in [2.05, 4.69) is 58.3 Å². The summed E-state index contributed by atoms with van der Waals surface area (Å²) in [6, 6.07) is 12.8. The largest absolute Gasteiger partial charge is 0.483 e. The molecular formula is C31H42N6O4. The van der Waals surface area contributed by atoms with Gasteiger partial charge in [0.1, 0.15) is 5.69 Å². The molecule has 0 atom stereocenters. The Morgan fingerprint density at radius 1 is 1.07 bits per heavy atom. The van der Waals surface area contributed by atoms with Gasteiger partial charge in [0.25, 0.3) is 12.4 Å². The van der Waals surface area contributed by atoms with Gasteiger partial charge in [-0.05, 0) is 55.9 Å². The number of nitrogens with zero attached hydrogens (tertiary/aromatic N) is 4. The summed E-state index contributed by atoms with van der Waals surface area (Å²) in [5.41, 5.74) is 3.52. The molecule has 5 rings (SSSR count). The van der Waals surface area contributed by atoms with Crippen LogP contribution in [0.1, 0.15) is 74.6 Å². The summed E-state index contributed by atoms with van der Waals surface area (Å²) in [5.74, 6) is 0.146. The van der Waals surface area contributed by atoms with Crippen molar-refractivity contribution in [2.45, 2.75) is 76.8 Å². The van der Waals surface area contributed by atoms with E-state index >= 15 is 0 Å². The number of aryl methyl sites for hydroxylation is 1. The number of aromatic nitrogens is 3. The number of likely N-dealkylation sites (tertiary alicyclic amines) is 2. The summed E-state index contributed by atoms with van der Waals surface area (Å²) >= 11 is 0. The standard InChI is InChI=1S/C30H40N6O2.CH2O2/c1-30(2,3)27-19-26(33-34-27)29(38)36-16-12-24(13-17-36)35-14-10-23(11-15-35)32-28(37)9-8-21-18-22-6-4-5-7-25(22)31-20-21;2-1-3/h4-7,18-20,23-24H,8-17H2,1-3H3,(H,32,37)(H,33,34);1H,(H,2,3). The van der Waals surface area contributed by atoms with Crippen LogP contribution in [0, 0.1) is 0 Å². The molecule has 2 aliphatic rings. The maximum atomic E-state index is 13.0. The summed E-state index contributed by atoms with van der Waals surface area (Å²) in [7, 11) is 0. The Kier molecular flexibility index (Phi) is 10.1. The molecule has 0 spiro atoms. The number of hydrogen-bond donors (Lipinski definition) is 3. The fraction of sp³-hybridized carbons (Fsp3) is 0.516. The molecule has 2 amide bonds. The number of fused-ring (bicyclic) bond motifs is 1. The summed E-state index contributed by atoms with van der Waals surface area (Å²) in [4.78, 5) is 42.9. The zero-order chi connectivity index (χ0) is 29.4. The van der Waals surface area contributed by atoms with E-state index in [1.54, 1.807) is 0 Å². The fourth-order valence-corrected chi connectivity index (χ4v) is 5.63. The van der Waals surface area contributed by atoms with Crippen molar-refractivity contribution < 1.29 is 19.5 Å². The first-order chi connectivity index (χ1) is 19.7. The van der Waals surface area contributed by atoms with Crippen molar-refractivity contribution in [3.8, 4) is 0 Å². The fourth-order valence-electron chi connectivity index (χ4n) is 5.63. The molecule has 10 nitrogen and oxygen atoms in total. The molecule has 2 saturated heterocycles. The topological polar surface area (TPSA) is 132 Å². The maximum absolute atomic E-state index is 13.0. The van der Waals surface area contributed by atoms with Crippen LogP contribution < -0.4 is 5.32 Å². The SMILES string of the molecule is CC(C)(C)c1cc(C(=O)N2CCC(N3CCC(NC(=O)CCc4cnc5ccccc5c4)CC3)CC2)n[nH]1.O=CO. The first kappa shape index (κ1) is 30.2. The summed E-state index contributed by atoms with van der Waals surface area (Å²) in [6.07, 6.45) is 7.00. The number of H-pyrrole nitrogens is 1. The number of carbonyl (C=O) groups is 3. The number of carbonyl (C=O) groups excluding carboxylic acids is 2. The molecule has 2 fully saturated rings. The van der Waals surface area contributed by atoms with Crippen LogP contribution in [0.5, 0.6) is 0 Å². The van der Waals surface area contributed by atoms with Gasteiger partial charge in [0, 0.05) is 67.4 Å². The van der Waals surface area contributed by atoms with Crippen molar-refractivity contribution in [3.63, 3.8) is 0 Å². The number of para-hydroxylation sites is 1. The number of piperidine rings is 2. The van der Waals surface area contributed by atoms with Gasteiger partial charge in [0.15, 0.2) is 0 Å². The second-order valence-corrected chi connectivity index (χ2v) is 12.0. The Balaban J connectivity index is 0.00000124. The molecule has 0 bridgehead atoms. The van der Waals surface area contributed by atoms with Crippen molar-refractivity contribution in [2.24, 2.45) is 0 Å². The molecule has 0 saturated carbocycles. The molecule has 0 aliphatic carbocycles. The Morgan fingerprint density at radius 2 is 1.76 bits per heavy atom. The molecule has 0 unspecified atom stereocenters.